The average molecular weight is 365 g/mol. The average Bonchev–Trinajstić information content (AvgIpc) is 2.93. The first kappa shape index (κ1) is 19.3. The van der Waals surface area contributed by atoms with Crippen molar-refractivity contribution < 1.29 is 24.2 Å². The van der Waals surface area contributed by atoms with Crippen molar-refractivity contribution in [3.8, 4) is 5.75 Å². The molecule has 0 aromatic carbocycles. The van der Waals surface area contributed by atoms with Crippen LogP contribution < -0.4 is 4.74 Å². The molecule has 0 spiro atoms. The highest BCUT2D eigenvalue weighted by molar-refractivity contribution is 7.20. The van der Waals surface area contributed by atoms with Gasteiger partial charge in [0.25, 0.3) is 0 Å². The maximum Gasteiger partial charge on any atom is 0.306 e. The summed E-state index contributed by atoms with van der Waals surface area (Å²) in [4.78, 5) is 29.1. The van der Waals surface area contributed by atoms with Gasteiger partial charge in [0, 0.05) is 25.5 Å². The molecule has 0 atom stereocenters. The van der Waals surface area contributed by atoms with E-state index in [0.717, 1.165) is 4.70 Å². The third-order valence-electron chi connectivity index (χ3n) is 3.36. The summed E-state index contributed by atoms with van der Waals surface area (Å²) in [6.45, 7) is 5.35. The molecule has 2 rings (SSSR count). The molecular weight excluding hydrogens is 342 g/mol. The van der Waals surface area contributed by atoms with Gasteiger partial charge in [-0.15, -0.1) is 11.3 Å². The lowest BCUT2D eigenvalue weighted by atomic mass is 10.1. The molecule has 1 N–H and O–H groups in total. The van der Waals surface area contributed by atoms with E-state index in [1.807, 2.05) is 6.07 Å². The maximum atomic E-state index is 12.4. The Hall–Kier alpha value is -1.99. The molecular formula is C18H23NO5S. The van der Waals surface area contributed by atoms with Crippen LogP contribution in [0.2, 0.25) is 0 Å². The molecule has 25 heavy (non-hydrogen) atoms. The number of hydrogen-bond acceptors (Lipinski definition) is 7. The molecule has 0 bridgehead atoms. The van der Waals surface area contributed by atoms with Crippen LogP contribution in [0.5, 0.6) is 5.75 Å². The zero-order valence-electron chi connectivity index (χ0n) is 14.9. The number of aliphatic hydroxyl groups is 1. The summed E-state index contributed by atoms with van der Waals surface area (Å²) in [5.41, 5.74) is 0.791. The molecule has 7 heteroatoms. The Labute approximate surface area is 150 Å². The van der Waals surface area contributed by atoms with E-state index in [1.54, 1.807) is 33.9 Å². The Morgan fingerprint density at radius 1 is 1.24 bits per heavy atom. The first-order valence-electron chi connectivity index (χ1n) is 8.07. The molecule has 0 saturated carbocycles. The molecule has 0 amide bonds. The van der Waals surface area contributed by atoms with Crippen molar-refractivity contribution in [2.24, 2.45) is 0 Å². The van der Waals surface area contributed by atoms with E-state index in [4.69, 9.17) is 14.6 Å². The lowest BCUT2D eigenvalue weighted by Crippen LogP contribution is -2.24. The molecule has 0 fully saturated rings. The number of aromatic nitrogens is 1. The number of carbonyl (C=O) groups excluding carboxylic acids is 2. The third kappa shape index (κ3) is 5.24. The Bertz CT molecular complexity index is 776. The van der Waals surface area contributed by atoms with E-state index < -0.39 is 5.60 Å². The number of hydrogen-bond donors (Lipinski definition) is 1. The Kier molecular flexibility index (Phi) is 6.13. The van der Waals surface area contributed by atoms with Gasteiger partial charge in [-0.05, 0) is 26.8 Å². The summed E-state index contributed by atoms with van der Waals surface area (Å²) in [7, 11) is 1.55. The van der Waals surface area contributed by atoms with E-state index in [9.17, 15) is 9.59 Å². The fourth-order valence-corrected chi connectivity index (χ4v) is 3.32. The molecule has 2 heterocycles. The number of ether oxygens (including phenoxy) is 2. The standard InChI is InChI=1S/C18H23NO5S/c1-18(2,3)24-17(22)6-5-13(21)16-9-12-15(25-16)10-14(23-4)11(19-12)7-8-20/h9-10,20H,5-8H2,1-4H3. The number of methoxy groups -OCH3 is 1. The van der Waals surface area contributed by atoms with Crippen LogP contribution >= 0.6 is 11.3 Å². The van der Waals surface area contributed by atoms with Gasteiger partial charge >= 0.3 is 5.97 Å². The van der Waals surface area contributed by atoms with E-state index in [-0.39, 0.29) is 31.2 Å². The van der Waals surface area contributed by atoms with Gasteiger partial charge < -0.3 is 14.6 Å². The first-order chi connectivity index (χ1) is 11.7. The van der Waals surface area contributed by atoms with Crippen LogP contribution in [0.1, 0.15) is 49.0 Å². The Morgan fingerprint density at radius 2 is 1.96 bits per heavy atom. The minimum atomic E-state index is -0.554. The normalized spacial score (nSPS) is 11.6. The van der Waals surface area contributed by atoms with E-state index in [2.05, 4.69) is 4.98 Å². The van der Waals surface area contributed by atoms with Gasteiger partial charge in [-0.2, -0.15) is 0 Å². The summed E-state index contributed by atoms with van der Waals surface area (Å²) >= 11 is 1.32. The minimum Gasteiger partial charge on any atom is -0.495 e. The van der Waals surface area contributed by atoms with E-state index in [1.165, 1.54) is 11.3 Å². The van der Waals surface area contributed by atoms with Gasteiger partial charge in [0.05, 0.1) is 34.3 Å². The van der Waals surface area contributed by atoms with Crippen molar-refractivity contribution in [1.82, 2.24) is 4.98 Å². The van der Waals surface area contributed by atoms with Crippen LogP contribution in [0.3, 0.4) is 0 Å². The number of Topliss-reactive ketones (excluding diaryl/α,β-unsaturated/α-hetero) is 1. The maximum absolute atomic E-state index is 12.4. The van der Waals surface area contributed by atoms with Gasteiger partial charge in [-0.1, -0.05) is 0 Å². The molecule has 2 aromatic heterocycles. The molecule has 0 saturated heterocycles. The molecule has 0 aliphatic heterocycles. The second kappa shape index (κ2) is 7.93. The monoisotopic (exact) mass is 365 g/mol. The van der Waals surface area contributed by atoms with Crippen LogP contribution in [0.15, 0.2) is 12.1 Å². The Morgan fingerprint density at radius 3 is 2.56 bits per heavy atom. The Balaban J connectivity index is 2.12. The predicted molar refractivity (Wildman–Crippen MR) is 96.4 cm³/mol. The lowest BCUT2D eigenvalue weighted by molar-refractivity contribution is -0.154. The van der Waals surface area contributed by atoms with Crippen LogP contribution in [0, 0.1) is 0 Å². The van der Waals surface area contributed by atoms with Crippen molar-refractivity contribution in [3.63, 3.8) is 0 Å². The number of esters is 1. The van der Waals surface area contributed by atoms with Crippen molar-refractivity contribution in [1.29, 1.82) is 0 Å². The third-order valence-corrected chi connectivity index (χ3v) is 4.47. The summed E-state index contributed by atoms with van der Waals surface area (Å²) in [5.74, 6) is 0.0969. The number of carbonyl (C=O) groups is 2. The topological polar surface area (TPSA) is 85.7 Å². The second-order valence-electron chi connectivity index (χ2n) is 6.61. The van der Waals surface area contributed by atoms with E-state index in [0.29, 0.717) is 28.3 Å². The van der Waals surface area contributed by atoms with E-state index >= 15 is 0 Å². The zero-order valence-corrected chi connectivity index (χ0v) is 15.7. The van der Waals surface area contributed by atoms with Gasteiger partial charge in [0.2, 0.25) is 0 Å². The summed E-state index contributed by atoms with van der Waals surface area (Å²) < 4.78 is 11.3. The quantitative estimate of drug-likeness (QED) is 0.599. The molecule has 6 nitrogen and oxygen atoms in total. The van der Waals surface area contributed by atoms with Gasteiger partial charge in [0.15, 0.2) is 5.78 Å². The number of fused-ring (bicyclic) bond motifs is 1. The predicted octanol–water partition coefficient (Wildman–Crippen LogP) is 3.14. The molecule has 0 aliphatic rings. The number of rotatable bonds is 7. The van der Waals surface area contributed by atoms with Gasteiger partial charge in [0.1, 0.15) is 11.4 Å². The largest absolute Gasteiger partial charge is 0.495 e. The number of nitrogens with zero attached hydrogens (tertiary/aromatic N) is 1. The number of thiophene rings is 1. The van der Waals surface area contributed by atoms with Crippen LogP contribution in [0.4, 0.5) is 0 Å². The number of pyridine rings is 1. The smallest absolute Gasteiger partial charge is 0.306 e. The number of ketones is 1. The fraction of sp³-hybridized carbons (Fsp3) is 0.500. The zero-order chi connectivity index (χ0) is 18.6. The van der Waals surface area contributed by atoms with Crippen molar-refractivity contribution in [2.75, 3.05) is 13.7 Å². The molecule has 2 aromatic rings. The SMILES string of the molecule is COc1cc2sc(C(=O)CCC(=O)OC(C)(C)C)cc2nc1CCO. The minimum absolute atomic E-state index is 0.0271. The highest BCUT2D eigenvalue weighted by atomic mass is 32.1. The van der Waals surface area contributed by atoms with Crippen molar-refractivity contribution in [2.45, 2.75) is 45.6 Å². The highest BCUT2D eigenvalue weighted by Crippen LogP contribution is 2.30. The van der Waals surface area contributed by atoms with Crippen molar-refractivity contribution >= 4 is 33.3 Å². The molecule has 0 unspecified atom stereocenters. The number of aliphatic hydroxyl groups excluding tert-OH is 1. The lowest BCUT2D eigenvalue weighted by Gasteiger charge is -2.19. The van der Waals surface area contributed by atoms with Crippen LogP contribution in [-0.4, -0.2) is 41.2 Å². The summed E-state index contributed by atoms with van der Waals surface area (Å²) in [6.07, 6.45) is 0.538. The van der Waals surface area contributed by atoms with Gasteiger partial charge in [-0.3, -0.25) is 9.59 Å². The molecule has 0 radical (unpaired) electrons. The molecule has 136 valence electrons. The van der Waals surface area contributed by atoms with Crippen molar-refractivity contribution in [3.05, 3.63) is 22.7 Å². The first-order valence-corrected chi connectivity index (χ1v) is 8.88. The molecule has 0 aliphatic carbocycles. The summed E-state index contributed by atoms with van der Waals surface area (Å²) in [6, 6.07) is 3.54. The van der Waals surface area contributed by atoms with Crippen LogP contribution in [0.25, 0.3) is 10.2 Å². The summed E-state index contributed by atoms with van der Waals surface area (Å²) in [5, 5.41) is 9.12. The van der Waals surface area contributed by atoms with Gasteiger partial charge in [-0.25, -0.2) is 4.98 Å². The second-order valence-corrected chi connectivity index (χ2v) is 7.70. The highest BCUT2D eigenvalue weighted by Gasteiger charge is 2.19. The van der Waals surface area contributed by atoms with Crippen LogP contribution in [-0.2, 0) is 16.0 Å². The fourth-order valence-electron chi connectivity index (χ4n) is 2.32.